The minimum Gasteiger partial charge on any atom is -0.494 e. The van der Waals surface area contributed by atoms with Gasteiger partial charge in [-0.25, -0.2) is 4.39 Å². The fraction of sp³-hybridized carbons (Fsp3) is 0.533. The maximum Gasteiger partial charge on any atom is 0.239 e. The van der Waals surface area contributed by atoms with Gasteiger partial charge in [-0.2, -0.15) is 0 Å². The molecule has 2 rings (SSSR count). The van der Waals surface area contributed by atoms with E-state index in [0.29, 0.717) is 38.3 Å². The predicted molar refractivity (Wildman–Crippen MR) is 76.6 cm³/mol. The summed E-state index contributed by atoms with van der Waals surface area (Å²) in [7, 11) is 1.74. The van der Waals surface area contributed by atoms with Gasteiger partial charge in [-0.1, -0.05) is 0 Å². The molecule has 6 heteroatoms. The van der Waals surface area contributed by atoms with Crippen LogP contribution in [0.15, 0.2) is 24.3 Å². The lowest BCUT2D eigenvalue weighted by atomic mass is 10.2. The second kappa shape index (κ2) is 7.38. The van der Waals surface area contributed by atoms with Crippen molar-refractivity contribution in [1.29, 1.82) is 0 Å². The largest absolute Gasteiger partial charge is 0.494 e. The molecule has 1 heterocycles. The van der Waals surface area contributed by atoms with Gasteiger partial charge in [0.15, 0.2) is 0 Å². The molecule has 0 aliphatic carbocycles. The molecule has 2 atom stereocenters. The van der Waals surface area contributed by atoms with E-state index in [0.717, 1.165) is 0 Å². The van der Waals surface area contributed by atoms with E-state index in [1.54, 1.807) is 24.1 Å². The average Bonchev–Trinajstić information content (AvgIpc) is 2.91. The van der Waals surface area contributed by atoms with Crippen molar-refractivity contribution in [3.8, 4) is 5.75 Å². The van der Waals surface area contributed by atoms with Crippen molar-refractivity contribution in [3.63, 3.8) is 0 Å². The van der Waals surface area contributed by atoms with E-state index in [1.165, 1.54) is 12.1 Å². The fourth-order valence-electron chi connectivity index (χ4n) is 2.30. The predicted octanol–water partition coefficient (Wildman–Crippen LogP) is 0.776. The molecule has 1 amide bonds. The van der Waals surface area contributed by atoms with Crippen LogP contribution in [0.3, 0.4) is 0 Å². The van der Waals surface area contributed by atoms with E-state index in [9.17, 15) is 14.3 Å². The molecule has 1 fully saturated rings. The number of ether oxygens (including phenoxy) is 1. The van der Waals surface area contributed by atoms with Gasteiger partial charge in [-0.15, -0.1) is 0 Å². The second-order valence-electron chi connectivity index (χ2n) is 5.27. The highest BCUT2D eigenvalue weighted by Crippen LogP contribution is 2.12. The third-order valence-corrected chi connectivity index (χ3v) is 3.50. The molecule has 1 aliphatic heterocycles. The molecule has 0 saturated carbocycles. The van der Waals surface area contributed by atoms with Gasteiger partial charge < -0.3 is 20.1 Å². The summed E-state index contributed by atoms with van der Waals surface area (Å²) < 4.78 is 18.2. The number of hydrogen-bond acceptors (Lipinski definition) is 4. The van der Waals surface area contributed by atoms with Gasteiger partial charge in [0.05, 0.1) is 18.8 Å². The van der Waals surface area contributed by atoms with Crippen LogP contribution in [0.2, 0.25) is 0 Å². The van der Waals surface area contributed by atoms with Crippen molar-refractivity contribution < 1.29 is 19.0 Å². The molecule has 0 spiro atoms. The zero-order valence-corrected chi connectivity index (χ0v) is 12.1. The van der Waals surface area contributed by atoms with Crippen LogP contribution in [-0.2, 0) is 4.79 Å². The van der Waals surface area contributed by atoms with Crippen LogP contribution in [-0.4, -0.2) is 54.8 Å². The maximum atomic E-state index is 12.7. The molecule has 0 radical (unpaired) electrons. The topological polar surface area (TPSA) is 61.8 Å². The quantitative estimate of drug-likeness (QED) is 0.762. The summed E-state index contributed by atoms with van der Waals surface area (Å²) >= 11 is 0. The second-order valence-corrected chi connectivity index (χ2v) is 5.27. The van der Waals surface area contributed by atoms with Gasteiger partial charge in [0, 0.05) is 20.1 Å². The minimum absolute atomic E-state index is 0.00617. The van der Waals surface area contributed by atoms with Gasteiger partial charge >= 0.3 is 0 Å². The number of nitrogens with zero attached hydrogens (tertiary/aromatic N) is 1. The van der Waals surface area contributed by atoms with Crippen molar-refractivity contribution in [2.45, 2.75) is 25.0 Å². The van der Waals surface area contributed by atoms with Crippen molar-refractivity contribution in [1.82, 2.24) is 10.2 Å². The molecule has 21 heavy (non-hydrogen) atoms. The molecule has 1 aliphatic rings. The Morgan fingerprint density at radius 2 is 2.19 bits per heavy atom. The summed E-state index contributed by atoms with van der Waals surface area (Å²) in [4.78, 5) is 13.7. The van der Waals surface area contributed by atoms with E-state index < -0.39 is 6.10 Å². The molecule has 1 saturated heterocycles. The lowest BCUT2D eigenvalue weighted by molar-refractivity contribution is -0.132. The standard InChI is InChI=1S/C15H21FN2O3/c1-18(15(20)14-9-12(19)10-17-14)7-2-8-21-13-5-3-11(16)4-6-13/h3-6,12,14,17,19H,2,7-10H2,1H3/t12-,14-/m0/s1. The molecule has 116 valence electrons. The Kier molecular flexibility index (Phi) is 5.52. The number of carbonyl (C=O) groups excluding carboxylic acids is 1. The number of hydrogen-bond donors (Lipinski definition) is 2. The Balaban J connectivity index is 1.66. The smallest absolute Gasteiger partial charge is 0.239 e. The lowest BCUT2D eigenvalue weighted by Crippen LogP contribution is -2.42. The highest BCUT2D eigenvalue weighted by molar-refractivity contribution is 5.82. The van der Waals surface area contributed by atoms with E-state index >= 15 is 0 Å². The van der Waals surface area contributed by atoms with E-state index in [4.69, 9.17) is 4.74 Å². The number of amides is 1. The van der Waals surface area contributed by atoms with Crippen LogP contribution < -0.4 is 10.1 Å². The summed E-state index contributed by atoms with van der Waals surface area (Å²) in [6, 6.07) is 5.56. The Morgan fingerprint density at radius 1 is 1.48 bits per heavy atom. The number of β-amino-alcohol motifs (C(OH)–C–C–N with tert-alkyl or cyclic N) is 1. The van der Waals surface area contributed by atoms with Crippen LogP contribution in [0.25, 0.3) is 0 Å². The molecule has 5 nitrogen and oxygen atoms in total. The molecular weight excluding hydrogens is 275 g/mol. The summed E-state index contributed by atoms with van der Waals surface area (Å²) in [5.74, 6) is 0.318. The van der Waals surface area contributed by atoms with Crippen LogP contribution in [0, 0.1) is 5.82 Å². The first-order valence-corrected chi connectivity index (χ1v) is 7.11. The maximum absolute atomic E-state index is 12.7. The first-order chi connectivity index (χ1) is 10.1. The van der Waals surface area contributed by atoms with Crippen molar-refractivity contribution in [3.05, 3.63) is 30.1 Å². The Hall–Kier alpha value is -1.66. The number of halogens is 1. The Labute approximate surface area is 123 Å². The van der Waals surface area contributed by atoms with Gasteiger partial charge in [0.2, 0.25) is 5.91 Å². The van der Waals surface area contributed by atoms with E-state index in [-0.39, 0.29) is 17.8 Å². The Morgan fingerprint density at radius 3 is 2.81 bits per heavy atom. The lowest BCUT2D eigenvalue weighted by Gasteiger charge is -2.21. The van der Waals surface area contributed by atoms with Crippen LogP contribution >= 0.6 is 0 Å². The van der Waals surface area contributed by atoms with Gasteiger partial charge in [-0.3, -0.25) is 4.79 Å². The summed E-state index contributed by atoms with van der Waals surface area (Å²) in [6.07, 6.45) is 0.721. The molecule has 0 aromatic heterocycles. The molecular formula is C15H21FN2O3. The van der Waals surface area contributed by atoms with Crippen molar-refractivity contribution in [2.75, 3.05) is 26.7 Å². The SMILES string of the molecule is CN(CCCOc1ccc(F)cc1)C(=O)[C@@H]1C[C@H](O)CN1. The first-order valence-electron chi connectivity index (χ1n) is 7.11. The number of nitrogens with one attached hydrogen (secondary N) is 1. The first kappa shape index (κ1) is 15.7. The van der Waals surface area contributed by atoms with Crippen molar-refractivity contribution >= 4 is 5.91 Å². The zero-order chi connectivity index (χ0) is 15.2. The minimum atomic E-state index is -0.436. The Bertz CT molecular complexity index is 466. The number of aliphatic hydroxyl groups is 1. The van der Waals surface area contributed by atoms with Crippen LogP contribution in [0.4, 0.5) is 4.39 Å². The number of aliphatic hydroxyl groups excluding tert-OH is 1. The summed E-state index contributed by atoms with van der Waals surface area (Å²) in [6.45, 7) is 1.51. The molecule has 0 unspecified atom stereocenters. The summed E-state index contributed by atoms with van der Waals surface area (Å²) in [5, 5.41) is 12.4. The van der Waals surface area contributed by atoms with Gasteiger partial charge in [0.1, 0.15) is 11.6 Å². The normalized spacial score (nSPS) is 21.3. The molecule has 1 aromatic carbocycles. The fourth-order valence-corrected chi connectivity index (χ4v) is 2.30. The number of carbonyl (C=O) groups is 1. The summed E-state index contributed by atoms with van der Waals surface area (Å²) in [5.41, 5.74) is 0. The molecule has 2 N–H and O–H groups in total. The third-order valence-electron chi connectivity index (χ3n) is 3.50. The van der Waals surface area contributed by atoms with E-state index in [2.05, 4.69) is 5.32 Å². The van der Waals surface area contributed by atoms with Crippen LogP contribution in [0.5, 0.6) is 5.75 Å². The van der Waals surface area contributed by atoms with Gasteiger partial charge in [-0.05, 0) is 37.1 Å². The monoisotopic (exact) mass is 296 g/mol. The number of benzene rings is 1. The molecule has 0 bridgehead atoms. The molecule has 1 aromatic rings. The number of likely N-dealkylation sites (N-methyl/N-ethyl adjacent to an activating group) is 1. The van der Waals surface area contributed by atoms with Crippen LogP contribution in [0.1, 0.15) is 12.8 Å². The average molecular weight is 296 g/mol. The highest BCUT2D eigenvalue weighted by Gasteiger charge is 2.29. The van der Waals surface area contributed by atoms with Crippen molar-refractivity contribution in [2.24, 2.45) is 0 Å². The zero-order valence-electron chi connectivity index (χ0n) is 12.1. The third kappa shape index (κ3) is 4.68. The number of rotatable bonds is 6. The van der Waals surface area contributed by atoms with E-state index in [1.807, 2.05) is 0 Å². The van der Waals surface area contributed by atoms with Gasteiger partial charge in [0.25, 0.3) is 0 Å². The highest BCUT2D eigenvalue weighted by atomic mass is 19.1.